The van der Waals surface area contributed by atoms with Gasteiger partial charge in [0.15, 0.2) is 11.6 Å². The summed E-state index contributed by atoms with van der Waals surface area (Å²) in [5.74, 6) is -0.744. The molecule has 3 rings (SSSR count). The molecule has 1 heterocycles. The highest BCUT2D eigenvalue weighted by molar-refractivity contribution is 9.10. The zero-order valence-corrected chi connectivity index (χ0v) is 14.4. The Morgan fingerprint density at radius 1 is 1.21 bits per heavy atom. The van der Waals surface area contributed by atoms with Crippen LogP contribution in [0.3, 0.4) is 0 Å². The molecule has 0 saturated heterocycles. The second kappa shape index (κ2) is 7.05. The van der Waals surface area contributed by atoms with Crippen molar-refractivity contribution in [3.8, 4) is 5.75 Å². The van der Waals surface area contributed by atoms with Crippen molar-refractivity contribution in [3.63, 3.8) is 0 Å². The first kappa shape index (κ1) is 16.5. The quantitative estimate of drug-likeness (QED) is 0.458. The Balaban J connectivity index is 1.61. The second-order valence-corrected chi connectivity index (χ2v) is 6.03. The lowest BCUT2D eigenvalue weighted by Crippen LogP contribution is -2.13. The number of esters is 1. The highest BCUT2D eigenvalue weighted by Gasteiger charge is 2.19. The Kier molecular flexibility index (Phi) is 4.85. The third kappa shape index (κ3) is 3.43. The van der Waals surface area contributed by atoms with Gasteiger partial charge in [-0.25, -0.2) is 9.18 Å². The number of halogens is 2. The molecule has 0 unspecified atom stereocenters. The Hall–Kier alpha value is -2.34. The van der Waals surface area contributed by atoms with Crippen molar-refractivity contribution < 1.29 is 23.1 Å². The van der Waals surface area contributed by atoms with Gasteiger partial charge in [-0.3, -0.25) is 0 Å². The molecule has 3 aromatic rings. The minimum Gasteiger partial charge on any atom is -0.487 e. The largest absolute Gasteiger partial charge is 0.487 e. The molecule has 0 fully saturated rings. The number of ether oxygens (including phenoxy) is 2. The SMILES string of the molecule is Cc1c(C(=O)OCCOc2ccccc2F)oc2ccc(Br)cc12. The van der Waals surface area contributed by atoms with Gasteiger partial charge in [0.2, 0.25) is 5.76 Å². The zero-order valence-electron chi connectivity index (χ0n) is 12.8. The Morgan fingerprint density at radius 2 is 2.00 bits per heavy atom. The van der Waals surface area contributed by atoms with Gasteiger partial charge in [0.1, 0.15) is 18.8 Å². The van der Waals surface area contributed by atoms with E-state index in [0.29, 0.717) is 11.1 Å². The number of hydrogen-bond donors (Lipinski definition) is 0. The standard InChI is InChI=1S/C18H14BrFO4/c1-11-13-10-12(19)6-7-15(13)24-17(11)18(21)23-9-8-22-16-5-3-2-4-14(16)20/h2-7,10H,8-9H2,1H3. The molecule has 0 amide bonds. The first-order valence-electron chi connectivity index (χ1n) is 7.29. The van der Waals surface area contributed by atoms with Gasteiger partial charge in [0.25, 0.3) is 0 Å². The van der Waals surface area contributed by atoms with Crippen LogP contribution in [0.4, 0.5) is 4.39 Å². The van der Waals surface area contributed by atoms with Gasteiger partial charge in [0, 0.05) is 15.4 Å². The van der Waals surface area contributed by atoms with E-state index in [1.165, 1.54) is 12.1 Å². The highest BCUT2D eigenvalue weighted by Crippen LogP contribution is 2.28. The van der Waals surface area contributed by atoms with Crippen molar-refractivity contribution in [1.82, 2.24) is 0 Å². The topological polar surface area (TPSA) is 48.7 Å². The highest BCUT2D eigenvalue weighted by atomic mass is 79.9. The molecule has 0 saturated carbocycles. The van der Waals surface area contributed by atoms with Crippen molar-refractivity contribution in [2.45, 2.75) is 6.92 Å². The lowest BCUT2D eigenvalue weighted by Gasteiger charge is -2.07. The summed E-state index contributed by atoms with van der Waals surface area (Å²) in [7, 11) is 0. The van der Waals surface area contributed by atoms with E-state index >= 15 is 0 Å². The Bertz CT molecular complexity index is 888. The average molecular weight is 393 g/mol. The van der Waals surface area contributed by atoms with E-state index < -0.39 is 11.8 Å². The number of aryl methyl sites for hydroxylation is 1. The molecular weight excluding hydrogens is 379 g/mol. The lowest BCUT2D eigenvalue weighted by atomic mass is 10.1. The summed E-state index contributed by atoms with van der Waals surface area (Å²) in [6.07, 6.45) is 0. The molecule has 0 aliphatic heterocycles. The van der Waals surface area contributed by atoms with Crippen LogP contribution < -0.4 is 4.74 Å². The van der Waals surface area contributed by atoms with Crippen LogP contribution in [-0.4, -0.2) is 19.2 Å². The third-order valence-corrected chi connectivity index (χ3v) is 3.99. The Labute approximate surface area is 146 Å². The van der Waals surface area contributed by atoms with Crippen molar-refractivity contribution in [2.24, 2.45) is 0 Å². The number of fused-ring (bicyclic) bond motifs is 1. The predicted octanol–water partition coefficient (Wildman–Crippen LogP) is 4.88. The molecule has 4 nitrogen and oxygen atoms in total. The normalized spacial score (nSPS) is 10.8. The first-order valence-corrected chi connectivity index (χ1v) is 8.08. The molecule has 0 bridgehead atoms. The predicted molar refractivity (Wildman–Crippen MR) is 90.8 cm³/mol. The molecule has 124 valence electrons. The van der Waals surface area contributed by atoms with Gasteiger partial charge in [-0.2, -0.15) is 0 Å². The lowest BCUT2D eigenvalue weighted by molar-refractivity contribution is 0.0414. The van der Waals surface area contributed by atoms with E-state index in [9.17, 15) is 9.18 Å². The van der Waals surface area contributed by atoms with Crippen molar-refractivity contribution in [3.05, 3.63) is 64.1 Å². The van der Waals surface area contributed by atoms with Gasteiger partial charge in [-0.05, 0) is 37.3 Å². The average Bonchev–Trinajstić information content (AvgIpc) is 2.89. The summed E-state index contributed by atoms with van der Waals surface area (Å²) in [6, 6.07) is 11.6. The number of carbonyl (C=O) groups excluding carboxylic acids is 1. The summed E-state index contributed by atoms with van der Waals surface area (Å²) in [6.45, 7) is 1.84. The van der Waals surface area contributed by atoms with Crippen LogP contribution in [0.1, 0.15) is 16.1 Å². The second-order valence-electron chi connectivity index (χ2n) is 5.11. The van der Waals surface area contributed by atoms with E-state index in [4.69, 9.17) is 13.9 Å². The molecule has 0 aliphatic rings. The summed E-state index contributed by atoms with van der Waals surface area (Å²) in [5, 5.41) is 0.846. The van der Waals surface area contributed by atoms with Crippen LogP contribution in [0.2, 0.25) is 0 Å². The zero-order chi connectivity index (χ0) is 17.1. The van der Waals surface area contributed by atoms with Crippen molar-refractivity contribution in [2.75, 3.05) is 13.2 Å². The first-order chi connectivity index (χ1) is 11.6. The smallest absolute Gasteiger partial charge is 0.374 e. The number of rotatable bonds is 5. The van der Waals surface area contributed by atoms with Gasteiger partial charge >= 0.3 is 5.97 Å². The molecule has 0 atom stereocenters. The number of para-hydroxylation sites is 1. The van der Waals surface area contributed by atoms with E-state index in [1.54, 1.807) is 25.1 Å². The molecule has 0 N–H and O–H groups in total. The van der Waals surface area contributed by atoms with Crippen molar-refractivity contribution in [1.29, 1.82) is 0 Å². The van der Waals surface area contributed by atoms with Crippen LogP contribution >= 0.6 is 15.9 Å². The fourth-order valence-corrected chi connectivity index (χ4v) is 2.66. The van der Waals surface area contributed by atoms with Crippen LogP contribution in [0.25, 0.3) is 11.0 Å². The van der Waals surface area contributed by atoms with Gasteiger partial charge in [0.05, 0.1) is 0 Å². The van der Waals surface area contributed by atoms with E-state index in [0.717, 1.165) is 9.86 Å². The summed E-state index contributed by atoms with van der Waals surface area (Å²) < 4.78 is 30.2. The molecule has 0 spiro atoms. The van der Waals surface area contributed by atoms with E-state index in [-0.39, 0.29) is 24.7 Å². The fourth-order valence-electron chi connectivity index (χ4n) is 2.30. The minimum absolute atomic E-state index is 0.00660. The van der Waals surface area contributed by atoms with Crippen LogP contribution in [0.15, 0.2) is 51.4 Å². The molecule has 24 heavy (non-hydrogen) atoms. The molecule has 6 heteroatoms. The van der Waals surface area contributed by atoms with E-state index in [1.807, 2.05) is 12.1 Å². The number of carbonyl (C=O) groups is 1. The number of hydrogen-bond acceptors (Lipinski definition) is 4. The summed E-state index contributed by atoms with van der Waals surface area (Å²) in [5.41, 5.74) is 1.33. The van der Waals surface area contributed by atoms with Crippen LogP contribution in [0.5, 0.6) is 5.75 Å². The van der Waals surface area contributed by atoms with Crippen molar-refractivity contribution >= 4 is 32.9 Å². The molecule has 2 aromatic carbocycles. The molecule has 0 radical (unpaired) electrons. The van der Waals surface area contributed by atoms with Gasteiger partial charge in [-0.1, -0.05) is 28.1 Å². The third-order valence-electron chi connectivity index (χ3n) is 3.49. The number of benzene rings is 2. The molecular formula is C18H14BrFO4. The van der Waals surface area contributed by atoms with Gasteiger partial charge < -0.3 is 13.9 Å². The van der Waals surface area contributed by atoms with Crippen LogP contribution in [0, 0.1) is 12.7 Å². The molecule has 0 aliphatic carbocycles. The Morgan fingerprint density at radius 3 is 2.79 bits per heavy atom. The number of furan rings is 1. The maximum Gasteiger partial charge on any atom is 0.374 e. The fraction of sp³-hybridized carbons (Fsp3) is 0.167. The van der Waals surface area contributed by atoms with Crippen LogP contribution in [-0.2, 0) is 4.74 Å². The summed E-state index contributed by atoms with van der Waals surface area (Å²) in [4.78, 5) is 12.1. The summed E-state index contributed by atoms with van der Waals surface area (Å²) >= 11 is 3.39. The molecule has 1 aromatic heterocycles. The van der Waals surface area contributed by atoms with E-state index in [2.05, 4.69) is 15.9 Å². The maximum atomic E-state index is 13.4. The monoisotopic (exact) mass is 392 g/mol. The maximum absolute atomic E-state index is 13.4. The minimum atomic E-state index is -0.572. The van der Waals surface area contributed by atoms with Gasteiger partial charge in [-0.15, -0.1) is 0 Å².